The molecule has 0 amide bonds. The van der Waals surface area contributed by atoms with Gasteiger partial charge in [0.15, 0.2) is 0 Å². The molecule has 0 radical (unpaired) electrons. The molecule has 0 aliphatic rings. The number of unbranched alkanes of at least 4 members (excludes halogenated alkanes) is 1. The molecule has 1 heterocycles. The van der Waals surface area contributed by atoms with Crippen LogP contribution in [0.4, 0.5) is 0 Å². The Morgan fingerprint density at radius 3 is 2.93 bits per heavy atom. The summed E-state index contributed by atoms with van der Waals surface area (Å²) in [6, 6.07) is -0.724. The highest BCUT2D eigenvalue weighted by Gasteiger charge is 2.09. The lowest BCUT2D eigenvalue weighted by Gasteiger charge is -2.05. The lowest BCUT2D eigenvalue weighted by Crippen LogP contribution is -2.29. The van der Waals surface area contributed by atoms with Crippen molar-refractivity contribution in [3.63, 3.8) is 0 Å². The second kappa shape index (κ2) is 5.39. The highest BCUT2D eigenvalue weighted by atomic mass is 16.4. The molecule has 1 unspecified atom stereocenters. The number of hydrogen-bond acceptors (Lipinski definition) is 3. The van der Waals surface area contributed by atoms with E-state index in [0.29, 0.717) is 6.42 Å². The first kappa shape index (κ1) is 10.7. The molecule has 3 N–H and O–H groups in total. The molecule has 0 aliphatic carbocycles. The van der Waals surface area contributed by atoms with E-state index in [4.69, 9.17) is 10.8 Å². The lowest BCUT2D eigenvalue weighted by atomic mass is 10.1. The number of nitrogens with two attached hydrogens (primary N) is 1. The predicted molar refractivity (Wildman–Crippen MR) is 51.7 cm³/mol. The highest BCUT2D eigenvalue weighted by molar-refractivity contribution is 5.72. The average Bonchev–Trinajstić information content (AvgIpc) is 2.64. The number of carboxylic acids is 1. The summed E-state index contributed by atoms with van der Waals surface area (Å²) in [5.74, 6) is -0.923. The van der Waals surface area contributed by atoms with Crippen molar-refractivity contribution in [2.24, 2.45) is 5.73 Å². The number of imidazole rings is 1. The molecule has 14 heavy (non-hydrogen) atoms. The third-order valence-corrected chi connectivity index (χ3v) is 2.06. The maximum Gasteiger partial charge on any atom is 0.320 e. The van der Waals surface area contributed by atoms with Gasteiger partial charge in [0, 0.05) is 18.9 Å². The first-order chi connectivity index (χ1) is 6.70. The molecule has 0 spiro atoms. The first-order valence-electron chi connectivity index (χ1n) is 4.64. The maximum absolute atomic E-state index is 10.4. The molecule has 5 nitrogen and oxygen atoms in total. The molecule has 1 aromatic heterocycles. The predicted octanol–water partition coefficient (Wildman–Crippen LogP) is 0.465. The minimum Gasteiger partial charge on any atom is -0.480 e. The Bertz CT molecular complexity index is 272. The Balaban J connectivity index is 2.08. The van der Waals surface area contributed by atoms with Crippen LogP contribution in [0.3, 0.4) is 0 Å². The van der Waals surface area contributed by atoms with Gasteiger partial charge in [-0.3, -0.25) is 4.79 Å². The van der Waals surface area contributed by atoms with Crippen LogP contribution >= 0.6 is 0 Å². The third kappa shape index (κ3) is 3.57. The number of carboxylic acid groups (broad SMARTS) is 1. The van der Waals surface area contributed by atoms with Crippen LogP contribution in [0.15, 0.2) is 18.7 Å². The molecule has 1 rings (SSSR count). The molecule has 0 aliphatic heterocycles. The molecule has 78 valence electrons. The molecule has 1 atom stereocenters. The van der Waals surface area contributed by atoms with E-state index in [1.807, 2.05) is 10.8 Å². The van der Waals surface area contributed by atoms with Gasteiger partial charge in [-0.1, -0.05) is 0 Å². The smallest absolute Gasteiger partial charge is 0.320 e. The van der Waals surface area contributed by atoms with Crippen LogP contribution in [0.2, 0.25) is 0 Å². The van der Waals surface area contributed by atoms with Crippen molar-refractivity contribution in [1.82, 2.24) is 9.55 Å². The van der Waals surface area contributed by atoms with E-state index in [9.17, 15) is 4.79 Å². The largest absolute Gasteiger partial charge is 0.480 e. The second-order valence-electron chi connectivity index (χ2n) is 3.24. The summed E-state index contributed by atoms with van der Waals surface area (Å²) < 4.78 is 1.96. The third-order valence-electron chi connectivity index (χ3n) is 2.06. The van der Waals surface area contributed by atoms with Crippen molar-refractivity contribution in [1.29, 1.82) is 0 Å². The summed E-state index contributed by atoms with van der Waals surface area (Å²) in [5, 5.41) is 8.53. The van der Waals surface area contributed by atoms with Crippen molar-refractivity contribution in [2.75, 3.05) is 0 Å². The van der Waals surface area contributed by atoms with Crippen LogP contribution < -0.4 is 5.73 Å². The summed E-state index contributed by atoms with van der Waals surface area (Å²) in [6.07, 6.45) is 7.64. The fourth-order valence-electron chi connectivity index (χ4n) is 1.20. The van der Waals surface area contributed by atoms with Crippen molar-refractivity contribution in [2.45, 2.75) is 31.8 Å². The quantitative estimate of drug-likeness (QED) is 0.649. The Morgan fingerprint density at radius 1 is 1.57 bits per heavy atom. The SMILES string of the molecule is NC(CCCCn1ccnc1)C(=O)O. The zero-order valence-electron chi connectivity index (χ0n) is 7.97. The Kier molecular flexibility index (Phi) is 4.12. The number of nitrogens with zero attached hydrogens (tertiary/aromatic N) is 2. The molecule has 0 fully saturated rings. The number of aryl methyl sites for hydroxylation is 1. The monoisotopic (exact) mass is 197 g/mol. The van der Waals surface area contributed by atoms with Crippen molar-refractivity contribution in [3.8, 4) is 0 Å². The minimum atomic E-state index is -0.923. The van der Waals surface area contributed by atoms with Crippen LogP contribution in [-0.2, 0) is 11.3 Å². The van der Waals surface area contributed by atoms with Gasteiger partial charge in [0.2, 0.25) is 0 Å². The van der Waals surface area contributed by atoms with Crippen LogP contribution in [0.1, 0.15) is 19.3 Å². The zero-order chi connectivity index (χ0) is 10.4. The molecule has 0 saturated heterocycles. The van der Waals surface area contributed by atoms with Crippen molar-refractivity contribution in [3.05, 3.63) is 18.7 Å². The number of rotatable bonds is 6. The van der Waals surface area contributed by atoms with Crippen molar-refractivity contribution >= 4 is 5.97 Å². The number of carbonyl (C=O) groups is 1. The molecular formula is C9H15N3O2. The summed E-state index contributed by atoms with van der Waals surface area (Å²) in [4.78, 5) is 14.3. The van der Waals surface area contributed by atoms with E-state index >= 15 is 0 Å². The van der Waals surface area contributed by atoms with Gasteiger partial charge in [-0.2, -0.15) is 0 Å². The fraction of sp³-hybridized carbons (Fsp3) is 0.556. The Hall–Kier alpha value is -1.36. The fourth-order valence-corrected chi connectivity index (χ4v) is 1.20. The molecule has 1 aromatic rings. The van der Waals surface area contributed by atoms with Gasteiger partial charge in [0.25, 0.3) is 0 Å². The second-order valence-corrected chi connectivity index (χ2v) is 3.24. The van der Waals surface area contributed by atoms with Gasteiger partial charge in [-0.15, -0.1) is 0 Å². The topological polar surface area (TPSA) is 81.1 Å². The van der Waals surface area contributed by atoms with Gasteiger partial charge < -0.3 is 15.4 Å². The van der Waals surface area contributed by atoms with E-state index in [0.717, 1.165) is 19.4 Å². The maximum atomic E-state index is 10.4. The van der Waals surface area contributed by atoms with Gasteiger partial charge in [-0.25, -0.2) is 4.98 Å². The van der Waals surface area contributed by atoms with E-state index in [1.54, 1.807) is 12.5 Å². The molecule has 5 heteroatoms. The van der Waals surface area contributed by atoms with Crippen LogP contribution in [0.5, 0.6) is 0 Å². The Morgan fingerprint density at radius 2 is 2.36 bits per heavy atom. The van der Waals surface area contributed by atoms with E-state index in [1.165, 1.54) is 0 Å². The standard InChI is InChI=1S/C9H15N3O2/c10-8(9(13)14)3-1-2-5-12-6-4-11-7-12/h4,6-8H,1-3,5,10H2,(H,13,14). The van der Waals surface area contributed by atoms with E-state index < -0.39 is 12.0 Å². The summed E-state index contributed by atoms with van der Waals surface area (Å²) >= 11 is 0. The summed E-state index contributed by atoms with van der Waals surface area (Å²) in [5.41, 5.74) is 5.36. The minimum absolute atomic E-state index is 0.532. The summed E-state index contributed by atoms with van der Waals surface area (Å²) in [7, 11) is 0. The van der Waals surface area contributed by atoms with Gasteiger partial charge in [0.05, 0.1) is 6.33 Å². The van der Waals surface area contributed by atoms with E-state index in [2.05, 4.69) is 4.98 Å². The first-order valence-corrected chi connectivity index (χ1v) is 4.64. The van der Waals surface area contributed by atoms with E-state index in [-0.39, 0.29) is 0 Å². The van der Waals surface area contributed by atoms with Crippen LogP contribution in [-0.4, -0.2) is 26.7 Å². The zero-order valence-corrected chi connectivity index (χ0v) is 7.97. The normalized spacial score (nSPS) is 12.6. The highest BCUT2D eigenvalue weighted by Crippen LogP contribution is 2.01. The van der Waals surface area contributed by atoms with Gasteiger partial charge in [0.1, 0.15) is 6.04 Å². The number of hydrogen-bond donors (Lipinski definition) is 2. The average molecular weight is 197 g/mol. The number of aliphatic carboxylic acids is 1. The Labute approximate surface area is 82.6 Å². The van der Waals surface area contributed by atoms with Gasteiger partial charge >= 0.3 is 5.97 Å². The molecule has 0 bridgehead atoms. The molecular weight excluding hydrogens is 182 g/mol. The molecule has 0 saturated carbocycles. The number of aromatic nitrogens is 2. The summed E-state index contributed by atoms with van der Waals surface area (Å²) in [6.45, 7) is 0.867. The van der Waals surface area contributed by atoms with Crippen LogP contribution in [0.25, 0.3) is 0 Å². The van der Waals surface area contributed by atoms with Gasteiger partial charge in [-0.05, 0) is 19.3 Å². The van der Waals surface area contributed by atoms with Crippen molar-refractivity contribution < 1.29 is 9.90 Å². The lowest BCUT2D eigenvalue weighted by molar-refractivity contribution is -0.138. The van der Waals surface area contributed by atoms with Crippen LogP contribution in [0, 0.1) is 0 Å². The molecule has 0 aromatic carbocycles.